The summed E-state index contributed by atoms with van der Waals surface area (Å²) in [5, 5.41) is 7.70. The number of carbonyl (C=O) groups is 1. The van der Waals surface area contributed by atoms with Crippen LogP contribution < -0.4 is 10.1 Å². The average Bonchev–Trinajstić information content (AvgIpc) is 3.35. The summed E-state index contributed by atoms with van der Waals surface area (Å²) in [6.07, 6.45) is 6.14. The molecular weight excluding hydrogens is 390 g/mol. The fourth-order valence-corrected chi connectivity index (χ4v) is 4.40. The van der Waals surface area contributed by atoms with Crippen LogP contribution in [0.25, 0.3) is 0 Å². The molecule has 7 heteroatoms. The second kappa shape index (κ2) is 8.89. The van der Waals surface area contributed by atoms with Crippen LogP contribution in [-0.2, 0) is 19.5 Å². The van der Waals surface area contributed by atoms with Crippen LogP contribution in [0.4, 0.5) is 0 Å². The number of hydrogen-bond donors (Lipinski definition) is 1. The molecule has 1 atom stereocenters. The lowest BCUT2D eigenvalue weighted by Crippen LogP contribution is -2.44. The Kier molecular flexibility index (Phi) is 5.67. The Hall–Kier alpha value is -3.19. The highest BCUT2D eigenvalue weighted by Gasteiger charge is 2.28. The minimum absolute atomic E-state index is 0.0257. The maximum Gasteiger partial charge on any atom is 0.272 e. The highest BCUT2D eigenvalue weighted by atomic mass is 16.5. The summed E-state index contributed by atoms with van der Waals surface area (Å²) >= 11 is 0. The highest BCUT2D eigenvalue weighted by molar-refractivity contribution is 5.92. The third-order valence-corrected chi connectivity index (χ3v) is 6.02. The standard InChI is InChI=1S/C24H27N5O2/c30-24(26-19-8-11-28(12-9-19)16-18-5-2-1-3-6-18)23-14-20-13-22(17-29(20)27-23)31-21-7-4-10-25-15-21/h1-7,10,14-15,19,22H,8-9,11-13,16-17H2,(H,26,30)/t22-/m0/s1. The van der Waals surface area contributed by atoms with Crippen LogP contribution >= 0.6 is 0 Å². The SMILES string of the molecule is O=C(NC1CCN(Cc2ccccc2)CC1)c1cc2n(n1)C[C@@H](Oc1cccnc1)C2. The molecule has 0 unspecified atom stereocenters. The van der Waals surface area contributed by atoms with Crippen molar-refractivity contribution in [3.8, 4) is 5.75 Å². The predicted molar refractivity (Wildman–Crippen MR) is 117 cm³/mol. The number of rotatable bonds is 6. The third kappa shape index (κ3) is 4.77. The number of pyridine rings is 1. The van der Waals surface area contributed by atoms with Gasteiger partial charge in [-0.1, -0.05) is 30.3 Å². The zero-order valence-electron chi connectivity index (χ0n) is 17.5. The minimum Gasteiger partial charge on any atom is -0.486 e. The molecular formula is C24H27N5O2. The van der Waals surface area contributed by atoms with Crippen molar-refractivity contribution in [2.24, 2.45) is 0 Å². The van der Waals surface area contributed by atoms with E-state index in [0.29, 0.717) is 12.2 Å². The zero-order chi connectivity index (χ0) is 21.0. The number of carbonyl (C=O) groups excluding carboxylic acids is 1. The fraction of sp³-hybridized carbons (Fsp3) is 0.375. The van der Waals surface area contributed by atoms with Gasteiger partial charge >= 0.3 is 0 Å². The first kappa shape index (κ1) is 19.8. The van der Waals surface area contributed by atoms with Crippen molar-refractivity contribution >= 4 is 5.91 Å². The maximum absolute atomic E-state index is 12.7. The van der Waals surface area contributed by atoms with E-state index < -0.39 is 0 Å². The third-order valence-electron chi connectivity index (χ3n) is 6.02. The molecule has 0 bridgehead atoms. The number of nitrogens with one attached hydrogen (secondary N) is 1. The van der Waals surface area contributed by atoms with E-state index in [1.165, 1.54) is 5.56 Å². The van der Waals surface area contributed by atoms with Gasteiger partial charge in [-0.05, 0) is 36.6 Å². The van der Waals surface area contributed by atoms with Crippen LogP contribution in [0.2, 0.25) is 0 Å². The second-order valence-corrected chi connectivity index (χ2v) is 8.35. The number of fused-ring (bicyclic) bond motifs is 1. The molecule has 1 fully saturated rings. The molecule has 0 saturated carbocycles. The Morgan fingerprint density at radius 1 is 1.13 bits per heavy atom. The van der Waals surface area contributed by atoms with Gasteiger partial charge < -0.3 is 10.1 Å². The number of piperidine rings is 1. The predicted octanol–water partition coefficient (Wildman–Crippen LogP) is 2.68. The lowest BCUT2D eigenvalue weighted by molar-refractivity contribution is 0.0902. The van der Waals surface area contributed by atoms with Crippen LogP contribution in [0.15, 0.2) is 60.9 Å². The van der Waals surface area contributed by atoms with Gasteiger partial charge in [0.25, 0.3) is 5.91 Å². The number of hydrogen-bond acceptors (Lipinski definition) is 5. The van der Waals surface area contributed by atoms with Crippen LogP contribution in [0.3, 0.4) is 0 Å². The van der Waals surface area contributed by atoms with E-state index >= 15 is 0 Å². The Labute approximate surface area is 182 Å². The van der Waals surface area contributed by atoms with E-state index in [1.54, 1.807) is 12.4 Å². The number of nitrogens with zero attached hydrogens (tertiary/aromatic N) is 4. The van der Waals surface area contributed by atoms with Crippen molar-refractivity contribution in [1.82, 2.24) is 25.0 Å². The molecule has 160 valence electrons. The number of benzene rings is 1. The van der Waals surface area contributed by atoms with E-state index in [-0.39, 0.29) is 18.1 Å². The van der Waals surface area contributed by atoms with Crippen molar-refractivity contribution in [3.05, 3.63) is 77.9 Å². The molecule has 7 nitrogen and oxygen atoms in total. The quantitative estimate of drug-likeness (QED) is 0.668. The Balaban J connectivity index is 1.10. The molecule has 31 heavy (non-hydrogen) atoms. The van der Waals surface area contributed by atoms with Gasteiger partial charge in [0, 0.05) is 44.0 Å². The molecule has 2 aliphatic heterocycles. The van der Waals surface area contributed by atoms with E-state index in [0.717, 1.165) is 50.3 Å². The van der Waals surface area contributed by atoms with E-state index in [2.05, 4.69) is 44.6 Å². The van der Waals surface area contributed by atoms with E-state index in [4.69, 9.17) is 4.74 Å². The normalized spacial score (nSPS) is 19.2. The first-order valence-electron chi connectivity index (χ1n) is 10.9. The molecule has 2 aliphatic rings. The fourth-order valence-electron chi connectivity index (χ4n) is 4.40. The summed E-state index contributed by atoms with van der Waals surface area (Å²) in [7, 11) is 0. The first-order valence-corrected chi connectivity index (χ1v) is 10.9. The minimum atomic E-state index is -0.0758. The van der Waals surface area contributed by atoms with Gasteiger partial charge in [0.15, 0.2) is 0 Å². The molecule has 1 aromatic carbocycles. The van der Waals surface area contributed by atoms with Crippen molar-refractivity contribution in [3.63, 3.8) is 0 Å². The van der Waals surface area contributed by atoms with Gasteiger partial charge in [0.2, 0.25) is 0 Å². The molecule has 1 saturated heterocycles. The second-order valence-electron chi connectivity index (χ2n) is 8.35. The van der Waals surface area contributed by atoms with Crippen molar-refractivity contribution < 1.29 is 9.53 Å². The van der Waals surface area contributed by atoms with E-state index in [9.17, 15) is 4.79 Å². The van der Waals surface area contributed by atoms with Gasteiger partial charge in [-0.15, -0.1) is 0 Å². The molecule has 5 rings (SSSR count). The van der Waals surface area contributed by atoms with Crippen LogP contribution in [0.1, 0.15) is 34.6 Å². The van der Waals surface area contributed by atoms with Crippen molar-refractivity contribution in [1.29, 1.82) is 0 Å². The number of likely N-dealkylation sites (tertiary alicyclic amines) is 1. The smallest absolute Gasteiger partial charge is 0.272 e. The summed E-state index contributed by atoms with van der Waals surface area (Å²) in [5.41, 5.74) is 2.88. The van der Waals surface area contributed by atoms with Gasteiger partial charge in [-0.3, -0.25) is 19.4 Å². The zero-order valence-corrected chi connectivity index (χ0v) is 17.5. The highest BCUT2D eigenvalue weighted by Crippen LogP contribution is 2.21. The monoisotopic (exact) mass is 417 g/mol. The van der Waals surface area contributed by atoms with Gasteiger partial charge in [0.05, 0.1) is 12.7 Å². The van der Waals surface area contributed by atoms with Crippen LogP contribution in [-0.4, -0.2) is 50.8 Å². The number of ether oxygens (including phenoxy) is 1. The number of amides is 1. The Morgan fingerprint density at radius 2 is 1.97 bits per heavy atom. The molecule has 2 aromatic heterocycles. The molecule has 1 N–H and O–H groups in total. The Morgan fingerprint density at radius 3 is 2.71 bits per heavy atom. The van der Waals surface area contributed by atoms with Crippen molar-refractivity contribution in [2.45, 2.75) is 44.5 Å². The van der Waals surface area contributed by atoms with Crippen molar-refractivity contribution in [2.75, 3.05) is 13.1 Å². The summed E-state index contributed by atoms with van der Waals surface area (Å²) < 4.78 is 7.85. The molecule has 3 aromatic rings. The van der Waals surface area contributed by atoms with E-state index in [1.807, 2.05) is 28.9 Å². The summed E-state index contributed by atoms with van der Waals surface area (Å²) in [5.74, 6) is 0.683. The number of aromatic nitrogens is 3. The largest absolute Gasteiger partial charge is 0.486 e. The molecule has 0 aliphatic carbocycles. The summed E-state index contributed by atoms with van der Waals surface area (Å²) in [6, 6.07) is 16.4. The summed E-state index contributed by atoms with van der Waals surface area (Å²) in [6.45, 7) is 3.60. The average molecular weight is 418 g/mol. The van der Waals surface area contributed by atoms with Crippen LogP contribution in [0.5, 0.6) is 5.75 Å². The molecule has 4 heterocycles. The van der Waals surface area contributed by atoms with Gasteiger partial charge in [0.1, 0.15) is 17.5 Å². The topological polar surface area (TPSA) is 72.3 Å². The van der Waals surface area contributed by atoms with Crippen LogP contribution in [0, 0.1) is 0 Å². The Bertz CT molecular complexity index is 989. The van der Waals surface area contributed by atoms with Gasteiger partial charge in [-0.25, -0.2) is 0 Å². The van der Waals surface area contributed by atoms with Gasteiger partial charge in [-0.2, -0.15) is 5.10 Å². The lowest BCUT2D eigenvalue weighted by atomic mass is 10.0. The molecule has 1 amide bonds. The first-order chi connectivity index (χ1) is 15.2. The lowest BCUT2D eigenvalue weighted by Gasteiger charge is -2.32. The maximum atomic E-state index is 12.7. The summed E-state index contributed by atoms with van der Waals surface area (Å²) in [4.78, 5) is 19.3. The molecule has 0 spiro atoms. The molecule has 0 radical (unpaired) electrons.